The molecule has 3 heterocycles. The summed E-state index contributed by atoms with van der Waals surface area (Å²) in [6.45, 7) is 6.84. The zero-order valence-electron chi connectivity index (χ0n) is 10.6. The normalized spacial score (nSPS) is 52.5. The third kappa shape index (κ3) is 1.07. The quantitative estimate of drug-likeness (QED) is 0.524. The van der Waals surface area contributed by atoms with Crippen LogP contribution in [-0.4, -0.2) is 32.6 Å². The van der Waals surface area contributed by atoms with Gasteiger partial charge in [-0.05, 0) is 5.54 Å². The molecule has 7 atom stereocenters. The lowest BCUT2D eigenvalue weighted by Gasteiger charge is -2.41. The molecule has 0 radical (unpaired) electrons. The number of esters is 2. The van der Waals surface area contributed by atoms with E-state index in [9.17, 15) is 9.59 Å². The molecule has 0 N–H and O–H groups in total. The Morgan fingerprint density at radius 3 is 1.72 bits per heavy atom. The van der Waals surface area contributed by atoms with Crippen molar-refractivity contribution >= 4 is 20.0 Å². The molecule has 0 spiro atoms. The molecule has 1 unspecified atom stereocenters. The van der Waals surface area contributed by atoms with Crippen molar-refractivity contribution in [3.8, 4) is 0 Å². The van der Waals surface area contributed by atoms with Crippen LogP contribution >= 0.6 is 0 Å². The summed E-state index contributed by atoms with van der Waals surface area (Å²) < 4.78 is 16.3. The molecule has 3 aliphatic heterocycles. The number of rotatable bonds is 1. The Bertz CT molecular complexity index is 422. The van der Waals surface area contributed by atoms with Crippen molar-refractivity contribution in [2.24, 2.45) is 23.7 Å². The molecule has 0 aromatic carbocycles. The molecule has 3 saturated heterocycles. The van der Waals surface area contributed by atoms with E-state index in [1.165, 1.54) is 0 Å². The largest absolute Gasteiger partial charge is 0.435 e. The predicted octanol–water partition coefficient (Wildman–Crippen LogP) is 0.969. The summed E-state index contributed by atoms with van der Waals surface area (Å²) in [7, 11) is -1.51. The molecular formula is C12H16O5Si. The molecule has 0 aromatic rings. The highest BCUT2D eigenvalue weighted by atomic mass is 28.3. The highest BCUT2D eigenvalue weighted by Gasteiger charge is 2.74. The minimum Gasteiger partial charge on any atom is -0.435 e. The van der Waals surface area contributed by atoms with E-state index in [0.29, 0.717) is 5.54 Å². The van der Waals surface area contributed by atoms with Gasteiger partial charge in [0.15, 0.2) is 0 Å². The van der Waals surface area contributed by atoms with Crippen LogP contribution in [0.3, 0.4) is 0 Å². The molecule has 18 heavy (non-hydrogen) atoms. The Morgan fingerprint density at radius 1 is 0.889 bits per heavy atom. The first-order valence-electron chi connectivity index (χ1n) is 6.46. The maximum atomic E-state index is 12.0. The Hall–Kier alpha value is -0.883. The fraction of sp³-hybridized carbons (Fsp3) is 0.833. The minimum absolute atomic E-state index is 0.0725. The standard InChI is InChI=1S/C12H16O5Si/c1-18(2,3)8-6-4-5-7(8)12(16-10(5)14)17-11(6)15-9(4)13/h4-8,11-12H,1-3H3/t4-,5-,6-,7+,8?,11+,12-/m0/s1. The van der Waals surface area contributed by atoms with Gasteiger partial charge in [-0.2, -0.15) is 0 Å². The number of hydrogen-bond acceptors (Lipinski definition) is 5. The Morgan fingerprint density at radius 2 is 1.33 bits per heavy atom. The second kappa shape index (κ2) is 2.99. The molecule has 0 amide bonds. The van der Waals surface area contributed by atoms with Crippen molar-refractivity contribution < 1.29 is 23.8 Å². The average Bonchev–Trinajstić information content (AvgIpc) is 2.79. The number of fused-ring (bicyclic) bond motifs is 1. The van der Waals surface area contributed by atoms with Gasteiger partial charge in [-0.3, -0.25) is 9.59 Å². The van der Waals surface area contributed by atoms with Gasteiger partial charge in [-0.15, -0.1) is 0 Å². The van der Waals surface area contributed by atoms with Gasteiger partial charge in [-0.1, -0.05) is 19.6 Å². The van der Waals surface area contributed by atoms with E-state index in [0.717, 1.165) is 0 Å². The maximum absolute atomic E-state index is 12.0. The third-order valence-electron chi connectivity index (χ3n) is 4.95. The zero-order valence-corrected chi connectivity index (χ0v) is 11.6. The molecule has 98 valence electrons. The molecule has 0 aromatic heterocycles. The van der Waals surface area contributed by atoms with Gasteiger partial charge >= 0.3 is 11.9 Å². The molecule has 1 saturated carbocycles. The monoisotopic (exact) mass is 268 g/mol. The van der Waals surface area contributed by atoms with Crippen LogP contribution < -0.4 is 0 Å². The smallest absolute Gasteiger partial charge is 0.312 e. The zero-order chi connectivity index (χ0) is 12.8. The van der Waals surface area contributed by atoms with Gasteiger partial charge in [-0.25, -0.2) is 0 Å². The number of hydrogen-bond donors (Lipinski definition) is 0. The van der Waals surface area contributed by atoms with Gasteiger partial charge in [0.1, 0.15) is 0 Å². The summed E-state index contributed by atoms with van der Waals surface area (Å²) in [5, 5.41) is 0. The van der Waals surface area contributed by atoms with Crippen molar-refractivity contribution in [2.45, 2.75) is 37.8 Å². The van der Waals surface area contributed by atoms with Gasteiger partial charge in [0.2, 0.25) is 12.6 Å². The number of carbonyl (C=O) groups excluding carboxylic acids is 2. The fourth-order valence-electron chi connectivity index (χ4n) is 4.53. The van der Waals surface area contributed by atoms with E-state index in [-0.39, 0.29) is 35.6 Å². The van der Waals surface area contributed by atoms with Crippen LogP contribution in [0.25, 0.3) is 0 Å². The Kier molecular flexibility index (Phi) is 1.82. The lowest BCUT2D eigenvalue weighted by Crippen LogP contribution is -2.47. The molecule has 1 aliphatic carbocycles. The fourth-order valence-corrected chi connectivity index (χ4v) is 7.57. The molecule has 5 nitrogen and oxygen atoms in total. The van der Waals surface area contributed by atoms with Crippen molar-refractivity contribution in [1.82, 2.24) is 0 Å². The van der Waals surface area contributed by atoms with Gasteiger partial charge < -0.3 is 14.2 Å². The molecule has 4 rings (SSSR count). The van der Waals surface area contributed by atoms with E-state index in [4.69, 9.17) is 14.2 Å². The van der Waals surface area contributed by atoms with Crippen molar-refractivity contribution in [1.29, 1.82) is 0 Å². The van der Waals surface area contributed by atoms with Crippen LogP contribution in [0.2, 0.25) is 25.2 Å². The summed E-state index contributed by atoms with van der Waals surface area (Å²) in [5.74, 6) is -1.03. The summed E-state index contributed by atoms with van der Waals surface area (Å²) in [4.78, 5) is 23.9. The molecular weight excluding hydrogens is 252 g/mol. The molecule has 6 heteroatoms. The summed E-state index contributed by atoms with van der Waals surface area (Å²) in [5.41, 5.74) is 0.370. The van der Waals surface area contributed by atoms with E-state index in [1.54, 1.807) is 0 Å². The molecule has 4 fully saturated rings. The van der Waals surface area contributed by atoms with E-state index >= 15 is 0 Å². The Balaban J connectivity index is 1.88. The van der Waals surface area contributed by atoms with Gasteiger partial charge in [0.05, 0.1) is 11.8 Å². The molecule has 4 aliphatic rings. The van der Waals surface area contributed by atoms with Crippen LogP contribution in [-0.2, 0) is 23.8 Å². The number of ether oxygens (including phenoxy) is 3. The lowest BCUT2D eigenvalue weighted by molar-refractivity contribution is -0.253. The first kappa shape index (κ1) is 11.0. The summed E-state index contributed by atoms with van der Waals surface area (Å²) in [6, 6.07) is 0. The second-order valence-electron chi connectivity index (χ2n) is 6.84. The predicted molar refractivity (Wildman–Crippen MR) is 61.9 cm³/mol. The highest BCUT2D eigenvalue weighted by molar-refractivity contribution is 6.77. The Labute approximate surface area is 106 Å². The van der Waals surface area contributed by atoms with E-state index in [2.05, 4.69) is 19.6 Å². The molecule has 2 bridgehead atoms. The lowest BCUT2D eigenvalue weighted by atomic mass is 9.90. The highest BCUT2D eigenvalue weighted by Crippen LogP contribution is 2.66. The van der Waals surface area contributed by atoms with Gasteiger partial charge in [0, 0.05) is 19.9 Å². The average molecular weight is 268 g/mol. The van der Waals surface area contributed by atoms with Crippen LogP contribution in [0.15, 0.2) is 0 Å². The maximum Gasteiger partial charge on any atom is 0.312 e. The second-order valence-corrected chi connectivity index (χ2v) is 12.2. The van der Waals surface area contributed by atoms with E-state index < -0.39 is 20.7 Å². The van der Waals surface area contributed by atoms with Crippen molar-refractivity contribution in [3.05, 3.63) is 0 Å². The van der Waals surface area contributed by atoms with Crippen LogP contribution in [0.4, 0.5) is 0 Å². The SMILES string of the molecule is C[Si](C)(C)C1[C@@H]2[C@H]3OC(=O)[C@H]2[C@@H]2C(=O)O[C@H](O3)[C@H]12. The van der Waals surface area contributed by atoms with Crippen LogP contribution in [0, 0.1) is 23.7 Å². The summed E-state index contributed by atoms with van der Waals surface area (Å²) >= 11 is 0. The first-order chi connectivity index (χ1) is 8.39. The van der Waals surface area contributed by atoms with E-state index in [1.807, 2.05) is 0 Å². The first-order valence-corrected chi connectivity index (χ1v) is 10.0. The third-order valence-corrected chi connectivity index (χ3v) is 7.72. The van der Waals surface area contributed by atoms with Crippen LogP contribution in [0.5, 0.6) is 0 Å². The topological polar surface area (TPSA) is 61.8 Å². The number of carbonyl (C=O) groups is 2. The summed E-state index contributed by atoms with van der Waals surface area (Å²) in [6.07, 6.45) is -0.975. The van der Waals surface area contributed by atoms with Crippen LogP contribution in [0.1, 0.15) is 0 Å². The van der Waals surface area contributed by atoms with Gasteiger partial charge in [0.25, 0.3) is 0 Å². The minimum atomic E-state index is -1.51. The van der Waals surface area contributed by atoms with Crippen molar-refractivity contribution in [3.63, 3.8) is 0 Å². The van der Waals surface area contributed by atoms with Crippen molar-refractivity contribution in [2.75, 3.05) is 0 Å².